The zero-order valence-corrected chi connectivity index (χ0v) is 11.3. The van der Waals surface area contributed by atoms with Crippen LogP contribution < -0.4 is 5.32 Å². The molecule has 0 unspecified atom stereocenters. The number of nitrogens with one attached hydrogen (secondary N) is 1. The van der Waals surface area contributed by atoms with Gasteiger partial charge in [-0.05, 0) is 50.1 Å². The molecule has 18 heavy (non-hydrogen) atoms. The first-order valence-electron chi connectivity index (χ1n) is 6.22. The molecule has 0 saturated heterocycles. The second kappa shape index (κ2) is 6.10. The van der Waals surface area contributed by atoms with Gasteiger partial charge in [0.2, 0.25) is 0 Å². The first-order chi connectivity index (χ1) is 8.72. The fraction of sp³-hybridized carbons (Fsp3) is 0.500. The second-order valence-electron chi connectivity index (χ2n) is 4.66. The summed E-state index contributed by atoms with van der Waals surface area (Å²) in [4.78, 5) is 0. The van der Waals surface area contributed by atoms with Crippen LogP contribution in [0.25, 0.3) is 0 Å². The van der Waals surface area contributed by atoms with E-state index in [0.29, 0.717) is 6.04 Å². The third-order valence-electron chi connectivity index (χ3n) is 3.47. The molecule has 0 aliphatic heterocycles. The van der Waals surface area contributed by atoms with Crippen molar-refractivity contribution in [3.8, 4) is 6.07 Å². The van der Waals surface area contributed by atoms with Gasteiger partial charge in [-0.3, -0.25) is 0 Å². The van der Waals surface area contributed by atoms with E-state index in [1.165, 1.54) is 25.0 Å². The normalized spacial score (nSPS) is 23.4. The molecule has 1 N–H and O–H groups in total. The Morgan fingerprint density at radius 3 is 2.61 bits per heavy atom. The van der Waals surface area contributed by atoms with Crippen LogP contribution in [0.2, 0.25) is 0 Å². The molecule has 96 valence electrons. The van der Waals surface area contributed by atoms with Gasteiger partial charge in [0.05, 0.1) is 5.56 Å². The highest BCUT2D eigenvalue weighted by Crippen LogP contribution is 2.28. The quantitative estimate of drug-likeness (QED) is 0.902. The van der Waals surface area contributed by atoms with Crippen molar-refractivity contribution >= 4 is 17.4 Å². The highest BCUT2D eigenvalue weighted by molar-refractivity contribution is 7.99. The van der Waals surface area contributed by atoms with Gasteiger partial charge in [-0.2, -0.15) is 17.0 Å². The first kappa shape index (κ1) is 13.2. The number of benzene rings is 1. The van der Waals surface area contributed by atoms with Crippen LogP contribution in [0.5, 0.6) is 0 Å². The number of thioether (sulfide) groups is 1. The third kappa shape index (κ3) is 3.17. The number of nitriles is 1. The first-order valence-corrected chi connectivity index (χ1v) is 7.50. The van der Waals surface area contributed by atoms with E-state index < -0.39 is 5.82 Å². The Hall–Kier alpha value is -1.21. The molecule has 1 fully saturated rings. The molecule has 0 spiro atoms. The van der Waals surface area contributed by atoms with E-state index in [2.05, 4.69) is 11.6 Å². The summed E-state index contributed by atoms with van der Waals surface area (Å²) in [5.41, 5.74) is 0.880. The van der Waals surface area contributed by atoms with Crippen molar-refractivity contribution in [1.82, 2.24) is 0 Å². The molecular weight excluding hydrogens is 247 g/mol. The molecule has 0 bridgehead atoms. The van der Waals surface area contributed by atoms with E-state index in [1.807, 2.05) is 17.8 Å². The molecule has 0 amide bonds. The average molecular weight is 264 g/mol. The van der Waals surface area contributed by atoms with Crippen molar-refractivity contribution in [2.45, 2.75) is 37.0 Å². The van der Waals surface area contributed by atoms with Gasteiger partial charge in [-0.1, -0.05) is 0 Å². The maximum atomic E-state index is 13.5. The Bertz CT molecular complexity index is 448. The van der Waals surface area contributed by atoms with Gasteiger partial charge in [-0.25, -0.2) is 4.39 Å². The van der Waals surface area contributed by atoms with Crippen LogP contribution in [0, 0.1) is 17.1 Å². The molecule has 1 aromatic carbocycles. The minimum atomic E-state index is -0.444. The maximum absolute atomic E-state index is 13.5. The van der Waals surface area contributed by atoms with E-state index in [9.17, 15) is 4.39 Å². The molecule has 0 heterocycles. The Morgan fingerprint density at radius 1 is 1.33 bits per heavy atom. The van der Waals surface area contributed by atoms with Crippen molar-refractivity contribution < 1.29 is 4.39 Å². The fourth-order valence-electron chi connectivity index (χ4n) is 2.37. The van der Waals surface area contributed by atoms with Crippen LogP contribution in [0.3, 0.4) is 0 Å². The molecular formula is C14H17FN2S. The molecule has 1 saturated carbocycles. The van der Waals surface area contributed by atoms with E-state index in [1.54, 1.807) is 6.07 Å². The van der Waals surface area contributed by atoms with Crippen LogP contribution in [0.15, 0.2) is 18.2 Å². The lowest BCUT2D eigenvalue weighted by Crippen LogP contribution is -2.27. The van der Waals surface area contributed by atoms with Gasteiger partial charge < -0.3 is 5.32 Å². The highest BCUT2D eigenvalue weighted by Gasteiger charge is 2.20. The largest absolute Gasteiger partial charge is 0.382 e. The lowest BCUT2D eigenvalue weighted by atomic mass is 9.94. The van der Waals surface area contributed by atoms with Gasteiger partial charge in [-0.15, -0.1) is 0 Å². The minimum Gasteiger partial charge on any atom is -0.382 e. The third-order valence-corrected chi connectivity index (χ3v) is 4.61. The average Bonchev–Trinajstić information content (AvgIpc) is 2.40. The molecule has 0 aromatic heterocycles. The Morgan fingerprint density at radius 2 is 2.06 bits per heavy atom. The Balaban J connectivity index is 1.94. The van der Waals surface area contributed by atoms with Crippen LogP contribution in [-0.2, 0) is 0 Å². The Labute approximate surface area is 112 Å². The van der Waals surface area contributed by atoms with Gasteiger partial charge in [0.25, 0.3) is 0 Å². The standard InChI is InChI=1S/C14H17FN2S/c1-18-13-6-4-11(5-7-13)17-12-3-2-10(9-16)14(15)8-12/h2-3,8,11,13,17H,4-7H2,1H3. The van der Waals surface area contributed by atoms with E-state index in [0.717, 1.165) is 23.8 Å². The maximum Gasteiger partial charge on any atom is 0.143 e. The zero-order valence-electron chi connectivity index (χ0n) is 10.4. The molecule has 0 radical (unpaired) electrons. The summed E-state index contributed by atoms with van der Waals surface area (Å²) < 4.78 is 13.5. The number of hydrogen-bond donors (Lipinski definition) is 1. The zero-order chi connectivity index (χ0) is 13.0. The van der Waals surface area contributed by atoms with E-state index in [4.69, 9.17) is 5.26 Å². The van der Waals surface area contributed by atoms with Crippen LogP contribution in [0.1, 0.15) is 31.2 Å². The fourth-order valence-corrected chi connectivity index (χ4v) is 3.12. The Kier molecular flexibility index (Phi) is 4.48. The SMILES string of the molecule is CSC1CCC(Nc2ccc(C#N)c(F)c2)CC1. The number of halogens is 1. The molecule has 1 aliphatic rings. The predicted octanol–water partition coefficient (Wildman–Crippen LogP) is 3.78. The monoisotopic (exact) mass is 264 g/mol. The summed E-state index contributed by atoms with van der Waals surface area (Å²) in [6.45, 7) is 0. The number of nitrogens with zero attached hydrogens (tertiary/aromatic N) is 1. The van der Waals surface area contributed by atoms with Crippen LogP contribution >= 0.6 is 11.8 Å². The van der Waals surface area contributed by atoms with Crippen molar-refractivity contribution in [3.63, 3.8) is 0 Å². The summed E-state index contributed by atoms with van der Waals surface area (Å²) in [6.07, 6.45) is 6.86. The van der Waals surface area contributed by atoms with Crippen molar-refractivity contribution in [2.75, 3.05) is 11.6 Å². The lowest BCUT2D eigenvalue weighted by molar-refractivity contribution is 0.473. The summed E-state index contributed by atoms with van der Waals surface area (Å²) >= 11 is 1.94. The summed E-state index contributed by atoms with van der Waals surface area (Å²) in [5.74, 6) is -0.444. The highest BCUT2D eigenvalue weighted by atomic mass is 32.2. The summed E-state index contributed by atoms with van der Waals surface area (Å²) in [6, 6.07) is 6.99. The number of hydrogen-bond acceptors (Lipinski definition) is 3. The molecule has 2 nitrogen and oxygen atoms in total. The van der Waals surface area contributed by atoms with E-state index in [-0.39, 0.29) is 5.56 Å². The minimum absolute atomic E-state index is 0.103. The number of anilines is 1. The van der Waals surface area contributed by atoms with Crippen LogP contribution in [-0.4, -0.2) is 17.5 Å². The van der Waals surface area contributed by atoms with Gasteiger partial charge >= 0.3 is 0 Å². The molecule has 1 aromatic rings. The van der Waals surface area contributed by atoms with Crippen LogP contribution in [0.4, 0.5) is 10.1 Å². The van der Waals surface area contributed by atoms with Crippen molar-refractivity contribution in [2.24, 2.45) is 0 Å². The lowest BCUT2D eigenvalue weighted by Gasteiger charge is -2.28. The summed E-state index contributed by atoms with van der Waals surface area (Å²) in [7, 11) is 0. The van der Waals surface area contributed by atoms with Gasteiger partial charge in [0.1, 0.15) is 11.9 Å². The summed E-state index contributed by atoms with van der Waals surface area (Å²) in [5, 5.41) is 12.8. The van der Waals surface area contributed by atoms with Crippen molar-refractivity contribution in [3.05, 3.63) is 29.6 Å². The van der Waals surface area contributed by atoms with Gasteiger partial charge in [0.15, 0.2) is 0 Å². The topological polar surface area (TPSA) is 35.8 Å². The van der Waals surface area contributed by atoms with E-state index >= 15 is 0 Å². The predicted molar refractivity (Wildman–Crippen MR) is 74.3 cm³/mol. The van der Waals surface area contributed by atoms with Crippen molar-refractivity contribution in [1.29, 1.82) is 5.26 Å². The molecule has 4 heteroatoms. The second-order valence-corrected chi connectivity index (χ2v) is 5.80. The smallest absolute Gasteiger partial charge is 0.143 e. The molecule has 0 atom stereocenters. The number of rotatable bonds is 3. The molecule has 2 rings (SSSR count). The van der Waals surface area contributed by atoms with Gasteiger partial charge in [0, 0.05) is 17.0 Å². The molecule has 1 aliphatic carbocycles.